The largest absolute Gasteiger partial charge is 0.392 e. The Morgan fingerprint density at radius 2 is 2.19 bits per heavy atom. The molecule has 0 saturated heterocycles. The van der Waals surface area contributed by atoms with Gasteiger partial charge < -0.3 is 10.4 Å². The second-order valence-electron chi connectivity index (χ2n) is 5.73. The Morgan fingerprint density at radius 3 is 2.95 bits per heavy atom. The molecule has 2 N–H and O–H groups in total. The van der Waals surface area contributed by atoms with Gasteiger partial charge in [0.1, 0.15) is 0 Å². The zero-order valence-electron chi connectivity index (χ0n) is 12.2. The number of hydrogen-bond donors (Lipinski definition) is 2. The number of hydrogen-bond acceptors (Lipinski definition) is 3. The van der Waals surface area contributed by atoms with Crippen LogP contribution in [-0.2, 0) is 5.41 Å². The summed E-state index contributed by atoms with van der Waals surface area (Å²) in [5.74, 6) is 0. The summed E-state index contributed by atoms with van der Waals surface area (Å²) in [6.07, 6.45) is 5.21. The van der Waals surface area contributed by atoms with E-state index >= 15 is 0 Å². The summed E-state index contributed by atoms with van der Waals surface area (Å²) < 4.78 is 0. The molecule has 1 aromatic heterocycles. The van der Waals surface area contributed by atoms with Crippen molar-refractivity contribution >= 4 is 28.1 Å². The van der Waals surface area contributed by atoms with E-state index in [0.717, 1.165) is 42.1 Å². The zero-order chi connectivity index (χ0) is 14.9. The fraction of sp³-hybridized carbons (Fsp3) is 0.412. The molecule has 21 heavy (non-hydrogen) atoms. The molecule has 4 heteroatoms. The maximum absolute atomic E-state index is 10.7. The van der Waals surface area contributed by atoms with Gasteiger partial charge in [0.2, 0.25) is 0 Å². The van der Waals surface area contributed by atoms with Crippen molar-refractivity contribution in [3.8, 4) is 0 Å². The molecule has 0 spiro atoms. The third-order valence-electron chi connectivity index (χ3n) is 4.61. The molecule has 2 aromatic rings. The van der Waals surface area contributed by atoms with Crippen LogP contribution < -0.4 is 5.32 Å². The highest BCUT2D eigenvalue weighted by atomic mass is 32.1. The third-order valence-corrected chi connectivity index (χ3v) is 5.17. The van der Waals surface area contributed by atoms with Crippen LogP contribution in [0.15, 0.2) is 36.5 Å². The van der Waals surface area contributed by atoms with Gasteiger partial charge in [-0.25, -0.2) is 0 Å². The SMILES string of the molecule is CNC(=S)[C@@]1(c2cnc3ccccc3c2)CCCC[C@H]1O. The molecule has 0 aliphatic heterocycles. The molecule has 0 bridgehead atoms. The number of aromatic nitrogens is 1. The van der Waals surface area contributed by atoms with Crippen molar-refractivity contribution in [1.29, 1.82) is 0 Å². The average Bonchev–Trinajstić information content (AvgIpc) is 2.54. The Hall–Kier alpha value is -1.52. The van der Waals surface area contributed by atoms with Crippen molar-refractivity contribution in [2.75, 3.05) is 7.05 Å². The molecule has 110 valence electrons. The predicted octanol–water partition coefficient (Wildman–Crippen LogP) is 2.95. The van der Waals surface area contributed by atoms with E-state index in [2.05, 4.69) is 22.4 Å². The van der Waals surface area contributed by atoms with Crippen LogP contribution in [0.3, 0.4) is 0 Å². The highest BCUT2D eigenvalue weighted by Gasteiger charge is 2.45. The average molecular weight is 300 g/mol. The molecule has 1 aliphatic carbocycles. The Bertz CT molecular complexity index is 673. The minimum atomic E-state index is -0.501. The van der Waals surface area contributed by atoms with E-state index < -0.39 is 11.5 Å². The summed E-state index contributed by atoms with van der Waals surface area (Å²) in [5.41, 5.74) is 1.49. The van der Waals surface area contributed by atoms with Crippen LogP contribution in [0.2, 0.25) is 0 Å². The van der Waals surface area contributed by atoms with Crippen molar-refractivity contribution in [3.63, 3.8) is 0 Å². The first-order valence-electron chi connectivity index (χ1n) is 7.44. The Balaban J connectivity index is 2.16. The van der Waals surface area contributed by atoms with E-state index in [1.165, 1.54) is 0 Å². The van der Waals surface area contributed by atoms with Crippen LogP contribution in [0.25, 0.3) is 10.9 Å². The Morgan fingerprint density at radius 1 is 1.38 bits per heavy atom. The molecule has 2 atom stereocenters. The number of thiocarbonyl (C=S) groups is 1. The molecule has 1 saturated carbocycles. The van der Waals surface area contributed by atoms with E-state index in [0.29, 0.717) is 4.99 Å². The van der Waals surface area contributed by atoms with E-state index in [-0.39, 0.29) is 0 Å². The lowest BCUT2D eigenvalue weighted by atomic mass is 9.67. The van der Waals surface area contributed by atoms with Crippen molar-refractivity contribution in [2.45, 2.75) is 37.2 Å². The van der Waals surface area contributed by atoms with Crippen molar-refractivity contribution < 1.29 is 5.11 Å². The number of aliphatic hydroxyl groups is 1. The Labute approximate surface area is 130 Å². The van der Waals surface area contributed by atoms with Crippen molar-refractivity contribution in [2.24, 2.45) is 0 Å². The number of fused-ring (bicyclic) bond motifs is 1. The number of rotatable bonds is 2. The molecule has 0 amide bonds. The van der Waals surface area contributed by atoms with Crippen LogP contribution >= 0.6 is 12.2 Å². The minimum absolute atomic E-state index is 0.450. The maximum atomic E-state index is 10.7. The van der Waals surface area contributed by atoms with Gasteiger partial charge in [0, 0.05) is 18.6 Å². The second kappa shape index (κ2) is 5.70. The highest BCUT2D eigenvalue weighted by Crippen LogP contribution is 2.41. The van der Waals surface area contributed by atoms with Crippen LogP contribution in [-0.4, -0.2) is 28.2 Å². The van der Waals surface area contributed by atoms with Gasteiger partial charge in [-0.1, -0.05) is 43.3 Å². The summed E-state index contributed by atoms with van der Waals surface area (Å²) in [4.78, 5) is 5.27. The predicted molar refractivity (Wildman–Crippen MR) is 89.6 cm³/mol. The van der Waals surface area contributed by atoms with Gasteiger partial charge in [0.15, 0.2) is 0 Å². The monoisotopic (exact) mass is 300 g/mol. The number of aliphatic hydroxyl groups excluding tert-OH is 1. The van der Waals surface area contributed by atoms with Gasteiger partial charge in [-0.15, -0.1) is 0 Å². The zero-order valence-corrected chi connectivity index (χ0v) is 13.0. The Kier molecular flexibility index (Phi) is 3.91. The van der Waals surface area contributed by atoms with Gasteiger partial charge >= 0.3 is 0 Å². The maximum Gasteiger partial charge on any atom is 0.0884 e. The summed E-state index contributed by atoms with van der Waals surface area (Å²) in [6, 6.07) is 10.2. The van der Waals surface area contributed by atoms with E-state index in [4.69, 9.17) is 12.2 Å². The van der Waals surface area contributed by atoms with Crippen LogP contribution in [0.5, 0.6) is 0 Å². The molecule has 1 aromatic carbocycles. The number of nitrogens with zero attached hydrogens (tertiary/aromatic N) is 1. The number of benzene rings is 1. The van der Waals surface area contributed by atoms with Gasteiger partial charge in [-0.3, -0.25) is 4.98 Å². The van der Waals surface area contributed by atoms with Gasteiger partial charge in [-0.2, -0.15) is 0 Å². The van der Waals surface area contributed by atoms with Crippen LogP contribution in [0.1, 0.15) is 31.2 Å². The smallest absolute Gasteiger partial charge is 0.0884 e. The molecule has 1 heterocycles. The van der Waals surface area contributed by atoms with Crippen LogP contribution in [0.4, 0.5) is 0 Å². The number of pyridine rings is 1. The summed E-state index contributed by atoms with van der Waals surface area (Å²) in [6.45, 7) is 0. The topological polar surface area (TPSA) is 45.2 Å². The molecule has 1 aliphatic rings. The molecular weight excluding hydrogens is 280 g/mol. The standard InChI is InChI=1S/C17H20N2OS/c1-18-16(21)17(9-5-4-8-15(17)20)13-10-12-6-2-3-7-14(12)19-11-13/h2-3,6-7,10-11,15,20H,4-5,8-9H2,1H3,(H,18,21)/t15-,17-/m1/s1. The number of para-hydroxylation sites is 1. The fourth-order valence-corrected chi connectivity index (χ4v) is 3.78. The molecule has 3 rings (SSSR count). The van der Waals surface area contributed by atoms with Crippen molar-refractivity contribution in [3.05, 3.63) is 42.1 Å². The normalized spacial score (nSPS) is 25.7. The van der Waals surface area contributed by atoms with Crippen LogP contribution in [0, 0.1) is 0 Å². The lowest BCUT2D eigenvalue weighted by Crippen LogP contribution is -2.52. The first-order valence-corrected chi connectivity index (χ1v) is 7.85. The van der Waals surface area contributed by atoms with E-state index in [9.17, 15) is 5.11 Å². The van der Waals surface area contributed by atoms with E-state index in [1.807, 2.05) is 31.4 Å². The second-order valence-corrected chi connectivity index (χ2v) is 6.14. The number of nitrogens with one attached hydrogen (secondary N) is 1. The van der Waals surface area contributed by atoms with Crippen molar-refractivity contribution in [1.82, 2.24) is 10.3 Å². The lowest BCUT2D eigenvalue weighted by Gasteiger charge is -2.42. The van der Waals surface area contributed by atoms with Gasteiger partial charge in [0.05, 0.1) is 22.0 Å². The summed E-state index contributed by atoms with van der Waals surface area (Å²) in [7, 11) is 1.83. The summed E-state index contributed by atoms with van der Waals surface area (Å²) in [5, 5.41) is 14.9. The molecule has 3 nitrogen and oxygen atoms in total. The molecule has 1 fully saturated rings. The minimum Gasteiger partial charge on any atom is -0.392 e. The van der Waals surface area contributed by atoms with E-state index in [1.54, 1.807) is 0 Å². The first kappa shape index (κ1) is 14.4. The first-order chi connectivity index (χ1) is 10.2. The molecular formula is C17H20N2OS. The summed E-state index contributed by atoms with van der Waals surface area (Å²) >= 11 is 5.57. The quantitative estimate of drug-likeness (QED) is 0.837. The fourth-order valence-electron chi connectivity index (χ4n) is 3.43. The molecule has 0 radical (unpaired) electrons. The highest BCUT2D eigenvalue weighted by molar-refractivity contribution is 7.80. The number of likely N-dealkylation sites (N-methyl/N-ethyl adjacent to an activating group) is 1. The van der Waals surface area contributed by atoms with Gasteiger partial charge in [0.25, 0.3) is 0 Å². The van der Waals surface area contributed by atoms with Gasteiger partial charge in [-0.05, 0) is 30.5 Å². The third kappa shape index (κ3) is 2.32. The molecule has 0 unspecified atom stereocenters. The lowest BCUT2D eigenvalue weighted by molar-refractivity contribution is 0.0777.